The van der Waals surface area contributed by atoms with Crippen molar-refractivity contribution in [3.05, 3.63) is 243 Å². The molecule has 4 heteroatoms. The topological polar surface area (TPSA) is 19.6 Å². The molecule has 0 atom stereocenters. The van der Waals surface area contributed by atoms with E-state index in [1.54, 1.807) is 0 Å². The molecule has 14 rings (SSSR count). The van der Waals surface area contributed by atoms with Gasteiger partial charge in [0.05, 0.1) is 5.69 Å². The molecule has 2 aromatic heterocycles. The molecule has 0 aliphatic carbocycles. The maximum atomic E-state index is 6.77. The second kappa shape index (κ2) is 15.5. The van der Waals surface area contributed by atoms with Crippen LogP contribution in [0.4, 0.5) is 34.1 Å². The lowest BCUT2D eigenvalue weighted by Crippen LogP contribution is -2.13. The van der Waals surface area contributed by atoms with Crippen molar-refractivity contribution in [2.24, 2.45) is 0 Å². The van der Waals surface area contributed by atoms with Crippen LogP contribution in [-0.4, -0.2) is 0 Å². The number of hydrogen-bond donors (Lipinski definition) is 0. The molecule has 68 heavy (non-hydrogen) atoms. The molecule has 0 amide bonds. The van der Waals surface area contributed by atoms with Gasteiger partial charge in [-0.25, -0.2) is 0 Å². The molecular weight excluding hydrogens is 845 g/mol. The van der Waals surface area contributed by atoms with Crippen molar-refractivity contribution in [3.8, 4) is 22.3 Å². The molecule has 0 unspecified atom stereocenters. The monoisotopic (exact) mass is 884 g/mol. The first kappa shape index (κ1) is 38.6. The Morgan fingerprint density at radius 1 is 0.294 bits per heavy atom. The van der Waals surface area contributed by atoms with Gasteiger partial charge in [0, 0.05) is 64.9 Å². The number of para-hydroxylation sites is 2. The zero-order valence-electron chi connectivity index (χ0n) is 36.8. The lowest BCUT2D eigenvalue weighted by atomic mass is 9.91. The lowest BCUT2D eigenvalue weighted by Gasteiger charge is -2.31. The number of rotatable bonds is 8. The van der Waals surface area contributed by atoms with Gasteiger partial charge in [-0.3, -0.25) is 0 Å². The molecule has 0 spiro atoms. The summed E-state index contributed by atoms with van der Waals surface area (Å²) >= 11 is 1.85. The Morgan fingerprint density at radius 2 is 0.882 bits per heavy atom. The molecule has 318 valence electrons. The molecule has 0 radical (unpaired) electrons. The Labute approximate surface area is 396 Å². The summed E-state index contributed by atoms with van der Waals surface area (Å²) < 4.78 is 9.33. The maximum absolute atomic E-state index is 6.77. The highest BCUT2D eigenvalue weighted by Gasteiger charge is 2.23. The van der Waals surface area contributed by atoms with E-state index in [4.69, 9.17) is 4.42 Å². The van der Waals surface area contributed by atoms with Crippen molar-refractivity contribution in [1.29, 1.82) is 0 Å². The maximum Gasteiger partial charge on any atom is 0.136 e. The minimum absolute atomic E-state index is 0.871. The molecule has 0 fully saturated rings. The molecule has 0 saturated heterocycles. The third kappa shape index (κ3) is 6.19. The van der Waals surface area contributed by atoms with E-state index in [1.165, 1.54) is 63.6 Å². The Bertz CT molecular complexity index is 4180. The van der Waals surface area contributed by atoms with Gasteiger partial charge in [-0.1, -0.05) is 152 Å². The minimum Gasteiger partial charge on any atom is -0.456 e. The Hall–Kier alpha value is -8.70. The minimum atomic E-state index is 0.871. The number of thiophene rings is 1. The molecule has 3 nitrogen and oxygen atoms in total. The first-order valence-corrected chi connectivity index (χ1v) is 24.0. The number of fused-ring (bicyclic) bond motifs is 7. The van der Waals surface area contributed by atoms with Crippen LogP contribution >= 0.6 is 11.3 Å². The van der Waals surface area contributed by atoms with Crippen LogP contribution in [0.2, 0.25) is 0 Å². The van der Waals surface area contributed by atoms with E-state index < -0.39 is 0 Å². The fourth-order valence-electron chi connectivity index (χ4n) is 10.6. The standard InChI is InChI=1S/C64H40N2OS/c1-4-13-41(14-5-1)42-25-29-49(30-26-42)66(48-19-8-3-9-20-48)57-35-32-50(65(47-17-6-2-7-18-47)51-31-34-53-52-21-10-11-22-60(52)68-61(53)40-51)39-55(57)45-28-36-58-56(37-45)64-54-33-27-44-16-12-15-43-23-24-46(38-59(64)67-58)63(54)62(43)44/h1-40H. The molecule has 0 saturated carbocycles. The Balaban J connectivity index is 1.02. The van der Waals surface area contributed by atoms with E-state index in [0.717, 1.165) is 67.2 Å². The molecule has 2 heterocycles. The van der Waals surface area contributed by atoms with Gasteiger partial charge < -0.3 is 14.2 Å². The Morgan fingerprint density at radius 3 is 1.68 bits per heavy atom. The quantitative estimate of drug-likeness (QED) is 0.142. The summed E-state index contributed by atoms with van der Waals surface area (Å²) in [7, 11) is 0. The smallest absolute Gasteiger partial charge is 0.136 e. The average Bonchev–Trinajstić information content (AvgIpc) is 3.97. The molecule has 14 aromatic rings. The summed E-state index contributed by atoms with van der Waals surface area (Å²) in [6.07, 6.45) is 0. The van der Waals surface area contributed by atoms with Crippen LogP contribution in [0.1, 0.15) is 0 Å². The fraction of sp³-hybridized carbons (Fsp3) is 0. The van der Waals surface area contributed by atoms with E-state index >= 15 is 0 Å². The number of anilines is 6. The highest BCUT2D eigenvalue weighted by Crippen LogP contribution is 2.48. The van der Waals surface area contributed by atoms with Crippen LogP contribution in [-0.2, 0) is 0 Å². The fourth-order valence-corrected chi connectivity index (χ4v) is 11.8. The van der Waals surface area contributed by atoms with E-state index in [1.807, 2.05) is 11.3 Å². The average molecular weight is 885 g/mol. The van der Waals surface area contributed by atoms with Gasteiger partial charge in [0.2, 0.25) is 0 Å². The van der Waals surface area contributed by atoms with Crippen molar-refractivity contribution in [3.63, 3.8) is 0 Å². The largest absolute Gasteiger partial charge is 0.456 e. The highest BCUT2D eigenvalue weighted by molar-refractivity contribution is 7.25. The van der Waals surface area contributed by atoms with Crippen molar-refractivity contribution in [1.82, 2.24) is 0 Å². The zero-order chi connectivity index (χ0) is 44.7. The van der Waals surface area contributed by atoms with Crippen molar-refractivity contribution >= 4 is 120 Å². The predicted octanol–water partition coefficient (Wildman–Crippen LogP) is 19.1. The normalized spacial score (nSPS) is 11.8. The first-order valence-electron chi connectivity index (χ1n) is 23.1. The van der Waals surface area contributed by atoms with E-state index in [-0.39, 0.29) is 0 Å². The van der Waals surface area contributed by atoms with Gasteiger partial charge >= 0.3 is 0 Å². The number of nitrogens with zero attached hydrogens (tertiary/aromatic N) is 2. The first-order chi connectivity index (χ1) is 33.7. The Kier molecular flexibility index (Phi) is 8.76. The molecule has 0 bridgehead atoms. The molecular formula is C64H40N2OS. The van der Waals surface area contributed by atoms with Gasteiger partial charge in [0.15, 0.2) is 0 Å². The van der Waals surface area contributed by atoms with Crippen molar-refractivity contribution in [2.45, 2.75) is 0 Å². The predicted molar refractivity (Wildman–Crippen MR) is 291 cm³/mol. The van der Waals surface area contributed by atoms with Gasteiger partial charge in [0.25, 0.3) is 0 Å². The summed E-state index contributed by atoms with van der Waals surface area (Å²) in [5.74, 6) is 0. The van der Waals surface area contributed by atoms with Crippen LogP contribution in [0.25, 0.3) is 96.7 Å². The summed E-state index contributed by atoms with van der Waals surface area (Å²) in [5.41, 5.74) is 12.8. The van der Waals surface area contributed by atoms with Crippen LogP contribution in [0.5, 0.6) is 0 Å². The van der Waals surface area contributed by atoms with E-state index in [9.17, 15) is 0 Å². The van der Waals surface area contributed by atoms with Crippen LogP contribution in [0, 0.1) is 0 Å². The summed E-state index contributed by atoms with van der Waals surface area (Å²) in [6.45, 7) is 0. The van der Waals surface area contributed by atoms with Gasteiger partial charge in [0.1, 0.15) is 11.2 Å². The van der Waals surface area contributed by atoms with Crippen LogP contribution < -0.4 is 9.80 Å². The van der Waals surface area contributed by atoms with Gasteiger partial charge in [-0.05, 0) is 140 Å². The van der Waals surface area contributed by atoms with Crippen molar-refractivity contribution in [2.75, 3.05) is 9.80 Å². The molecule has 0 N–H and O–H groups in total. The highest BCUT2D eigenvalue weighted by atomic mass is 32.1. The van der Waals surface area contributed by atoms with Gasteiger partial charge in [-0.15, -0.1) is 11.3 Å². The number of furan rings is 1. The van der Waals surface area contributed by atoms with E-state index in [0.29, 0.717) is 0 Å². The zero-order valence-corrected chi connectivity index (χ0v) is 37.6. The van der Waals surface area contributed by atoms with E-state index in [2.05, 4.69) is 252 Å². The third-order valence-electron chi connectivity index (χ3n) is 13.8. The summed E-state index contributed by atoms with van der Waals surface area (Å²) in [5, 5.41) is 12.3. The molecule has 12 aromatic carbocycles. The number of hydrogen-bond acceptors (Lipinski definition) is 4. The number of benzene rings is 12. The second-order valence-electron chi connectivity index (χ2n) is 17.7. The lowest BCUT2D eigenvalue weighted by molar-refractivity contribution is 0.669. The van der Waals surface area contributed by atoms with Crippen LogP contribution in [0.15, 0.2) is 247 Å². The SMILES string of the molecule is c1ccc(-c2ccc(N(c3ccccc3)c3ccc(N(c4ccccc4)c4ccc5c(c4)sc4ccccc45)cc3-c3ccc4oc5cc6ccc7cccc8ccc(c5c4c3)c6c78)cc2)cc1. The summed E-state index contributed by atoms with van der Waals surface area (Å²) in [6, 6.07) is 88.3. The van der Waals surface area contributed by atoms with Crippen molar-refractivity contribution < 1.29 is 4.42 Å². The molecule has 0 aliphatic rings. The van der Waals surface area contributed by atoms with Gasteiger partial charge in [-0.2, -0.15) is 0 Å². The molecule has 0 aliphatic heterocycles. The second-order valence-corrected chi connectivity index (χ2v) is 18.7. The summed E-state index contributed by atoms with van der Waals surface area (Å²) in [4.78, 5) is 4.80. The van der Waals surface area contributed by atoms with Crippen LogP contribution in [0.3, 0.4) is 0 Å². The third-order valence-corrected chi connectivity index (χ3v) is 14.9.